The first-order chi connectivity index (χ1) is 12.8. The van der Waals surface area contributed by atoms with Crippen LogP contribution in [-0.2, 0) is 11.4 Å². The third-order valence-electron chi connectivity index (χ3n) is 4.31. The molecular formula is C23H23NOS. The van der Waals surface area contributed by atoms with Crippen molar-refractivity contribution in [3.8, 4) is 11.1 Å². The summed E-state index contributed by atoms with van der Waals surface area (Å²) in [7, 11) is 0. The Morgan fingerprint density at radius 1 is 0.885 bits per heavy atom. The van der Waals surface area contributed by atoms with Crippen LogP contribution in [0.2, 0.25) is 0 Å². The normalized spacial score (nSPS) is 11.4. The third-order valence-corrected chi connectivity index (χ3v) is 4.88. The van der Waals surface area contributed by atoms with Gasteiger partial charge in [-0.15, -0.1) is 0 Å². The zero-order chi connectivity index (χ0) is 18.2. The molecule has 0 N–H and O–H groups in total. The van der Waals surface area contributed by atoms with Gasteiger partial charge in [0.2, 0.25) is 0 Å². The van der Waals surface area contributed by atoms with Crippen molar-refractivity contribution in [1.82, 2.24) is 0 Å². The Balaban J connectivity index is 1.77. The third kappa shape index (κ3) is 4.55. The number of hydrogen-bond acceptors (Lipinski definition) is 3. The number of rotatable bonds is 7. The Morgan fingerprint density at radius 2 is 1.58 bits per heavy atom. The molecule has 3 heteroatoms. The number of hydrogen-bond donors (Lipinski definition) is 0. The number of thioether (sulfide) groups is 1. The maximum Gasteiger partial charge on any atom is 0.142 e. The van der Waals surface area contributed by atoms with Crippen LogP contribution >= 0.6 is 11.8 Å². The van der Waals surface area contributed by atoms with Crippen molar-refractivity contribution in [3.63, 3.8) is 0 Å². The van der Waals surface area contributed by atoms with Crippen LogP contribution in [0.5, 0.6) is 0 Å². The van der Waals surface area contributed by atoms with Gasteiger partial charge in [0.15, 0.2) is 0 Å². The number of benzene rings is 3. The summed E-state index contributed by atoms with van der Waals surface area (Å²) >= 11 is 1.74. The fourth-order valence-electron chi connectivity index (χ4n) is 2.88. The first kappa shape index (κ1) is 18.3. The van der Waals surface area contributed by atoms with Gasteiger partial charge in [-0.25, -0.2) is 0 Å². The second-order valence-electron chi connectivity index (χ2n) is 6.07. The maximum atomic E-state index is 5.74. The fraction of sp³-hybridized carbons (Fsp3) is 0.174. The molecule has 0 bridgehead atoms. The summed E-state index contributed by atoms with van der Waals surface area (Å²) in [6.07, 6.45) is 2.08. The molecule has 26 heavy (non-hydrogen) atoms. The van der Waals surface area contributed by atoms with Crippen LogP contribution in [0.25, 0.3) is 11.1 Å². The Hall–Kier alpha value is -2.52. The molecular weight excluding hydrogens is 338 g/mol. The van der Waals surface area contributed by atoms with E-state index in [0.717, 1.165) is 22.6 Å². The molecule has 0 atom stereocenters. The van der Waals surface area contributed by atoms with Crippen molar-refractivity contribution in [3.05, 3.63) is 95.6 Å². The molecule has 0 amide bonds. The average Bonchev–Trinajstić information content (AvgIpc) is 2.70. The standard InChI is InChI=1S/C23H23NOS/c1-18-21(14-9-15-22(18)19-10-5-3-6-11-19)16-25-24-23(17-26-2)20-12-7-4-8-13-20/h3-15H,16-17H2,1-2H3/b24-23+. The molecule has 132 valence electrons. The summed E-state index contributed by atoms with van der Waals surface area (Å²) in [6, 6.07) is 27.0. The first-order valence-corrected chi connectivity index (χ1v) is 10.1. The van der Waals surface area contributed by atoms with Gasteiger partial charge in [0.1, 0.15) is 6.61 Å². The first-order valence-electron chi connectivity index (χ1n) is 8.66. The molecule has 0 spiro atoms. The van der Waals surface area contributed by atoms with Gasteiger partial charge in [-0.1, -0.05) is 84.0 Å². The smallest absolute Gasteiger partial charge is 0.142 e. The van der Waals surface area contributed by atoms with Gasteiger partial charge in [-0.05, 0) is 35.4 Å². The summed E-state index contributed by atoms with van der Waals surface area (Å²) < 4.78 is 0. The van der Waals surface area contributed by atoms with Crippen molar-refractivity contribution >= 4 is 17.5 Å². The lowest BCUT2D eigenvalue weighted by Crippen LogP contribution is -2.05. The zero-order valence-electron chi connectivity index (χ0n) is 15.2. The lowest BCUT2D eigenvalue weighted by atomic mass is 9.97. The number of oxime groups is 1. The second kappa shape index (κ2) is 9.25. The van der Waals surface area contributed by atoms with Crippen LogP contribution in [-0.4, -0.2) is 17.7 Å². The highest BCUT2D eigenvalue weighted by molar-refractivity contribution is 7.99. The van der Waals surface area contributed by atoms with Crippen molar-refractivity contribution < 1.29 is 4.84 Å². The summed E-state index contributed by atoms with van der Waals surface area (Å²) in [5, 5.41) is 4.42. The molecule has 0 aliphatic carbocycles. The average molecular weight is 362 g/mol. The fourth-order valence-corrected chi connectivity index (χ4v) is 3.37. The minimum absolute atomic E-state index is 0.469. The lowest BCUT2D eigenvalue weighted by Gasteiger charge is -2.11. The summed E-state index contributed by atoms with van der Waals surface area (Å²) in [6.45, 7) is 2.61. The highest BCUT2D eigenvalue weighted by Gasteiger charge is 2.07. The molecule has 0 fully saturated rings. The van der Waals surface area contributed by atoms with E-state index in [1.807, 2.05) is 24.3 Å². The Bertz CT molecular complexity index is 860. The molecule has 0 aromatic heterocycles. The maximum absolute atomic E-state index is 5.74. The summed E-state index contributed by atoms with van der Waals surface area (Å²) in [5.41, 5.74) is 6.93. The SMILES string of the molecule is CSC/C(=N\OCc1cccc(-c2ccccc2)c1C)c1ccccc1. The summed E-state index contributed by atoms with van der Waals surface area (Å²) in [5.74, 6) is 0.826. The minimum atomic E-state index is 0.469. The van der Waals surface area contributed by atoms with Crippen molar-refractivity contribution in [1.29, 1.82) is 0 Å². The van der Waals surface area contributed by atoms with E-state index in [0.29, 0.717) is 6.61 Å². The van der Waals surface area contributed by atoms with Gasteiger partial charge in [-0.2, -0.15) is 11.8 Å². The van der Waals surface area contributed by atoms with E-state index < -0.39 is 0 Å². The molecule has 0 saturated carbocycles. The van der Waals surface area contributed by atoms with Gasteiger partial charge < -0.3 is 4.84 Å². The van der Waals surface area contributed by atoms with E-state index in [1.165, 1.54) is 16.7 Å². The highest BCUT2D eigenvalue weighted by Crippen LogP contribution is 2.26. The van der Waals surface area contributed by atoms with Gasteiger partial charge in [0.05, 0.1) is 5.71 Å². The van der Waals surface area contributed by atoms with E-state index in [1.54, 1.807) is 11.8 Å². The molecule has 3 rings (SSSR count). The van der Waals surface area contributed by atoms with Gasteiger partial charge in [-0.3, -0.25) is 0 Å². The summed E-state index contributed by atoms with van der Waals surface area (Å²) in [4.78, 5) is 5.74. The molecule has 0 saturated heterocycles. The lowest BCUT2D eigenvalue weighted by molar-refractivity contribution is 0.130. The van der Waals surface area contributed by atoms with Crippen molar-refractivity contribution in [2.45, 2.75) is 13.5 Å². The van der Waals surface area contributed by atoms with Crippen molar-refractivity contribution in [2.75, 3.05) is 12.0 Å². The molecule has 2 nitrogen and oxygen atoms in total. The largest absolute Gasteiger partial charge is 0.391 e. The van der Waals surface area contributed by atoms with Crippen LogP contribution in [0.4, 0.5) is 0 Å². The van der Waals surface area contributed by atoms with Crippen LogP contribution < -0.4 is 0 Å². The van der Waals surface area contributed by atoms with Gasteiger partial charge >= 0.3 is 0 Å². The van der Waals surface area contributed by atoms with E-state index >= 15 is 0 Å². The van der Waals surface area contributed by atoms with E-state index in [-0.39, 0.29) is 0 Å². The molecule has 3 aromatic carbocycles. The van der Waals surface area contributed by atoms with E-state index in [4.69, 9.17) is 4.84 Å². The zero-order valence-corrected chi connectivity index (χ0v) is 16.0. The van der Waals surface area contributed by atoms with E-state index in [9.17, 15) is 0 Å². The van der Waals surface area contributed by atoms with Crippen LogP contribution in [0.1, 0.15) is 16.7 Å². The van der Waals surface area contributed by atoms with Gasteiger partial charge in [0, 0.05) is 11.3 Å². The topological polar surface area (TPSA) is 21.6 Å². The molecule has 0 radical (unpaired) electrons. The predicted molar refractivity (Wildman–Crippen MR) is 113 cm³/mol. The van der Waals surface area contributed by atoms with Crippen LogP contribution in [0.15, 0.2) is 84.0 Å². The van der Waals surface area contributed by atoms with Crippen LogP contribution in [0, 0.1) is 6.92 Å². The van der Waals surface area contributed by atoms with Gasteiger partial charge in [0.25, 0.3) is 0 Å². The monoisotopic (exact) mass is 361 g/mol. The Labute approximate surface area is 159 Å². The second-order valence-corrected chi connectivity index (χ2v) is 6.93. The quantitative estimate of drug-likeness (QED) is 0.383. The minimum Gasteiger partial charge on any atom is -0.391 e. The number of nitrogens with zero attached hydrogens (tertiary/aromatic N) is 1. The molecule has 0 aliphatic rings. The Morgan fingerprint density at radius 3 is 2.27 bits per heavy atom. The predicted octanol–water partition coefficient (Wildman–Crippen LogP) is 5.95. The molecule has 0 heterocycles. The van der Waals surface area contributed by atoms with Crippen LogP contribution in [0.3, 0.4) is 0 Å². The van der Waals surface area contributed by atoms with E-state index in [2.05, 4.69) is 72.9 Å². The highest BCUT2D eigenvalue weighted by atomic mass is 32.2. The Kier molecular flexibility index (Phi) is 6.50. The molecule has 0 aliphatic heterocycles. The molecule has 0 unspecified atom stereocenters. The van der Waals surface area contributed by atoms with Crippen molar-refractivity contribution in [2.24, 2.45) is 5.16 Å². The molecule has 3 aromatic rings.